The lowest BCUT2D eigenvalue weighted by Crippen LogP contribution is -2.17. The van der Waals surface area contributed by atoms with Crippen LogP contribution in [0.5, 0.6) is 0 Å². The zero-order valence-electron chi connectivity index (χ0n) is 12.1. The van der Waals surface area contributed by atoms with Crippen LogP contribution in [-0.2, 0) is 13.0 Å². The van der Waals surface area contributed by atoms with Gasteiger partial charge in [0.15, 0.2) is 0 Å². The average Bonchev–Trinajstić information content (AvgIpc) is 3.06. The maximum absolute atomic E-state index is 5.93. The summed E-state index contributed by atoms with van der Waals surface area (Å²) in [6.07, 6.45) is 2.69. The lowest BCUT2D eigenvalue weighted by Gasteiger charge is -2.04. The van der Waals surface area contributed by atoms with E-state index in [1.807, 2.05) is 13.1 Å². The minimum absolute atomic E-state index is 0.159. The van der Waals surface area contributed by atoms with Gasteiger partial charge in [-0.05, 0) is 37.3 Å². The monoisotopic (exact) mass is 318 g/mol. The van der Waals surface area contributed by atoms with Crippen molar-refractivity contribution in [3.63, 3.8) is 0 Å². The molecule has 3 aromatic rings. The molecule has 3 aromatic heterocycles. The van der Waals surface area contributed by atoms with Crippen LogP contribution in [0.1, 0.15) is 22.2 Å². The summed E-state index contributed by atoms with van der Waals surface area (Å²) >= 11 is 3.53. The Balaban J connectivity index is 1.91. The highest BCUT2D eigenvalue weighted by Crippen LogP contribution is 2.34. The summed E-state index contributed by atoms with van der Waals surface area (Å²) in [6.45, 7) is 4.96. The Kier molecular flexibility index (Phi) is 4.19. The molecule has 3 heterocycles. The normalized spacial score (nSPS) is 12.7. The first-order valence-electron chi connectivity index (χ1n) is 6.90. The van der Waals surface area contributed by atoms with E-state index in [9.17, 15) is 0 Å². The van der Waals surface area contributed by atoms with Gasteiger partial charge in [0.05, 0.1) is 16.6 Å². The van der Waals surface area contributed by atoms with Gasteiger partial charge in [0, 0.05) is 22.3 Å². The fraction of sp³-hybridized carbons (Fsp3) is 0.333. The fourth-order valence-corrected chi connectivity index (χ4v) is 4.28. The molecule has 0 unspecified atom stereocenters. The summed E-state index contributed by atoms with van der Waals surface area (Å²) < 4.78 is 1.18. The second-order valence-electron chi connectivity index (χ2n) is 5.20. The highest BCUT2D eigenvalue weighted by atomic mass is 32.1. The van der Waals surface area contributed by atoms with Gasteiger partial charge in [0.25, 0.3) is 0 Å². The van der Waals surface area contributed by atoms with Gasteiger partial charge in [-0.2, -0.15) is 5.10 Å². The number of nitrogens with one attached hydrogen (secondary N) is 1. The molecule has 0 aliphatic rings. The van der Waals surface area contributed by atoms with Crippen molar-refractivity contribution in [1.29, 1.82) is 0 Å². The Morgan fingerprint density at radius 2 is 2.29 bits per heavy atom. The lowest BCUT2D eigenvalue weighted by atomic mass is 10.1. The summed E-state index contributed by atoms with van der Waals surface area (Å²) in [5.41, 5.74) is 9.19. The molecule has 0 aliphatic heterocycles. The van der Waals surface area contributed by atoms with Crippen molar-refractivity contribution >= 4 is 38.6 Å². The van der Waals surface area contributed by atoms with Gasteiger partial charge in [-0.1, -0.05) is 6.07 Å². The third-order valence-corrected chi connectivity index (χ3v) is 5.56. The van der Waals surface area contributed by atoms with Crippen LogP contribution in [0.4, 0.5) is 5.69 Å². The van der Waals surface area contributed by atoms with Crippen molar-refractivity contribution in [2.24, 2.45) is 5.73 Å². The molecule has 0 saturated heterocycles. The molecule has 0 aromatic carbocycles. The van der Waals surface area contributed by atoms with Crippen LogP contribution in [0.2, 0.25) is 0 Å². The Morgan fingerprint density at radius 3 is 3.00 bits per heavy atom. The molecule has 6 heteroatoms. The van der Waals surface area contributed by atoms with Crippen LogP contribution in [0, 0.1) is 6.92 Å². The van der Waals surface area contributed by atoms with Crippen LogP contribution >= 0.6 is 22.7 Å². The summed E-state index contributed by atoms with van der Waals surface area (Å²) in [5, 5.41) is 14.0. The van der Waals surface area contributed by atoms with Crippen LogP contribution in [0.15, 0.2) is 23.7 Å². The summed E-state index contributed by atoms with van der Waals surface area (Å²) in [4.78, 5) is 2.61. The molecule has 0 radical (unpaired) electrons. The molecule has 0 spiro atoms. The van der Waals surface area contributed by atoms with E-state index in [4.69, 9.17) is 5.73 Å². The van der Waals surface area contributed by atoms with E-state index in [0.717, 1.165) is 24.2 Å². The van der Waals surface area contributed by atoms with Crippen molar-refractivity contribution in [1.82, 2.24) is 10.2 Å². The number of hydrogen-bond acceptors (Lipinski definition) is 6. The van der Waals surface area contributed by atoms with E-state index >= 15 is 0 Å². The van der Waals surface area contributed by atoms with E-state index in [-0.39, 0.29) is 6.04 Å². The number of anilines is 1. The van der Waals surface area contributed by atoms with Gasteiger partial charge in [0.2, 0.25) is 0 Å². The third kappa shape index (κ3) is 3.07. The highest BCUT2D eigenvalue weighted by Gasteiger charge is 2.14. The van der Waals surface area contributed by atoms with Gasteiger partial charge in [0.1, 0.15) is 5.52 Å². The minimum atomic E-state index is 0.159. The van der Waals surface area contributed by atoms with Crippen molar-refractivity contribution in [3.8, 4) is 0 Å². The highest BCUT2D eigenvalue weighted by molar-refractivity contribution is 7.19. The minimum Gasteiger partial charge on any atom is -0.378 e. The van der Waals surface area contributed by atoms with E-state index < -0.39 is 0 Å². The van der Waals surface area contributed by atoms with Crippen molar-refractivity contribution in [2.45, 2.75) is 32.9 Å². The zero-order chi connectivity index (χ0) is 14.8. The third-order valence-electron chi connectivity index (χ3n) is 3.34. The second kappa shape index (κ2) is 6.09. The van der Waals surface area contributed by atoms with Gasteiger partial charge in [-0.15, -0.1) is 27.8 Å². The molecule has 0 bridgehead atoms. The Labute approximate surface area is 132 Å². The number of aryl methyl sites for hydroxylation is 1. The van der Waals surface area contributed by atoms with Crippen molar-refractivity contribution < 1.29 is 0 Å². The lowest BCUT2D eigenvalue weighted by molar-refractivity contribution is 0.744. The van der Waals surface area contributed by atoms with Gasteiger partial charge < -0.3 is 11.1 Å². The smallest absolute Gasteiger partial charge is 0.109 e. The summed E-state index contributed by atoms with van der Waals surface area (Å²) in [7, 11) is 0. The van der Waals surface area contributed by atoms with Gasteiger partial charge in [-0.3, -0.25) is 0 Å². The number of aromatic nitrogens is 2. The molecule has 4 nitrogen and oxygen atoms in total. The molecule has 110 valence electrons. The molecule has 0 saturated carbocycles. The molecule has 0 fully saturated rings. The molecule has 0 amide bonds. The summed E-state index contributed by atoms with van der Waals surface area (Å²) in [6, 6.07) is 4.36. The Morgan fingerprint density at radius 1 is 1.43 bits per heavy atom. The predicted octanol–water partition coefficient (Wildman–Crippen LogP) is 3.56. The molecule has 3 N–H and O–H groups in total. The quantitative estimate of drug-likeness (QED) is 0.755. The topological polar surface area (TPSA) is 63.8 Å². The van der Waals surface area contributed by atoms with E-state index in [0.29, 0.717) is 0 Å². The largest absolute Gasteiger partial charge is 0.378 e. The number of fused-ring (bicyclic) bond motifs is 1. The predicted molar refractivity (Wildman–Crippen MR) is 91.2 cm³/mol. The van der Waals surface area contributed by atoms with Crippen LogP contribution in [-0.4, -0.2) is 16.2 Å². The number of rotatable bonds is 5. The van der Waals surface area contributed by atoms with Crippen molar-refractivity contribution in [2.75, 3.05) is 5.32 Å². The van der Waals surface area contributed by atoms with Crippen LogP contribution in [0.3, 0.4) is 0 Å². The average molecular weight is 318 g/mol. The molecule has 0 aliphatic carbocycles. The van der Waals surface area contributed by atoms with Gasteiger partial charge in [-0.25, -0.2) is 0 Å². The van der Waals surface area contributed by atoms with Crippen molar-refractivity contribution in [3.05, 3.63) is 39.0 Å². The maximum atomic E-state index is 5.93. The van der Waals surface area contributed by atoms with E-state index in [1.54, 1.807) is 22.7 Å². The summed E-state index contributed by atoms with van der Waals surface area (Å²) in [5.74, 6) is 0. The van der Waals surface area contributed by atoms with Crippen LogP contribution < -0.4 is 11.1 Å². The first kappa shape index (κ1) is 14.4. The number of thiophene rings is 2. The first-order chi connectivity index (χ1) is 10.1. The SMILES string of the molecule is Cc1c(C[C@@H](C)N)sc2c(NCc3cccs3)cnnc12. The van der Waals surface area contributed by atoms with E-state index in [1.165, 1.54) is 20.0 Å². The standard InChI is InChI=1S/C15H18N4S2/c1-9(16)6-13-10(2)14-15(21-13)12(8-18-19-14)17-7-11-4-3-5-20-11/h3-5,8-9H,6-7,16H2,1-2H3,(H,17,19)/t9-/m1/s1. The number of nitrogens with two attached hydrogens (primary N) is 1. The first-order valence-corrected chi connectivity index (χ1v) is 8.60. The molecule has 21 heavy (non-hydrogen) atoms. The molecule has 3 rings (SSSR count). The zero-order valence-corrected chi connectivity index (χ0v) is 13.7. The number of nitrogens with zero attached hydrogens (tertiary/aromatic N) is 2. The van der Waals surface area contributed by atoms with Gasteiger partial charge >= 0.3 is 0 Å². The Bertz CT molecular complexity index is 732. The van der Waals surface area contributed by atoms with E-state index in [2.05, 4.69) is 40.0 Å². The molecular formula is C15H18N4S2. The molecular weight excluding hydrogens is 300 g/mol. The maximum Gasteiger partial charge on any atom is 0.109 e. The fourth-order valence-electron chi connectivity index (χ4n) is 2.26. The van der Waals surface area contributed by atoms with Crippen LogP contribution in [0.25, 0.3) is 10.2 Å². The Hall–Kier alpha value is -1.50. The second-order valence-corrected chi connectivity index (χ2v) is 7.34. The number of hydrogen-bond donors (Lipinski definition) is 2. The molecule has 1 atom stereocenters.